The third kappa shape index (κ3) is 3.37. The van der Waals surface area contributed by atoms with Gasteiger partial charge in [-0.3, -0.25) is 4.98 Å². The van der Waals surface area contributed by atoms with E-state index in [2.05, 4.69) is 25.2 Å². The molecule has 2 aromatic heterocycles. The third-order valence-electron chi connectivity index (χ3n) is 3.57. The molecule has 0 saturated heterocycles. The highest BCUT2D eigenvalue weighted by Gasteiger charge is 2.09. The van der Waals surface area contributed by atoms with Crippen LogP contribution in [0, 0.1) is 0 Å². The highest BCUT2D eigenvalue weighted by atomic mass is 15.1. The number of anilines is 2. The lowest BCUT2D eigenvalue weighted by Gasteiger charge is -2.13. The standard InChI is InChI=1S/C17H20N6/c1-23(2)10-9-20-17-16(18)21-11-15(22-17)13-5-3-7-14-12(13)6-4-8-19-14/h3-8,11H,9-10H2,1-2H3,(H2,18,21)(H,20,22). The average Bonchev–Trinajstić information content (AvgIpc) is 2.56. The van der Waals surface area contributed by atoms with Crippen LogP contribution in [0.2, 0.25) is 0 Å². The van der Waals surface area contributed by atoms with Crippen molar-refractivity contribution >= 4 is 22.5 Å². The Morgan fingerprint density at radius 1 is 1.13 bits per heavy atom. The molecule has 6 nitrogen and oxygen atoms in total. The smallest absolute Gasteiger partial charge is 0.169 e. The number of rotatable bonds is 5. The minimum atomic E-state index is 0.408. The summed E-state index contributed by atoms with van der Waals surface area (Å²) >= 11 is 0. The monoisotopic (exact) mass is 308 g/mol. The molecular weight excluding hydrogens is 288 g/mol. The van der Waals surface area contributed by atoms with E-state index in [1.54, 1.807) is 12.4 Å². The van der Waals surface area contributed by atoms with Crippen LogP contribution in [-0.2, 0) is 0 Å². The number of benzene rings is 1. The number of pyridine rings is 1. The molecule has 0 bridgehead atoms. The molecule has 2 heterocycles. The predicted molar refractivity (Wildman–Crippen MR) is 94.2 cm³/mol. The summed E-state index contributed by atoms with van der Waals surface area (Å²) in [7, 11) is 4.05. The van der Waals surface area contributed by atoms with Gasteiger partial charge in [0.2, 0.25) is 0 Å². The molecule has 6 heteroatoms. The van der Waals surface area contributed by atoms with Crippen molar-refractivity contribution in [3.8, 4) is 11.3 Å². The first kappa shape index (κ1) is 15.2. The number of nitrogens with zero attached hydrogens (tertiary/aromatic N) is 4. The van der Waals surface area contributed by atoms with Gasteiger partial charge in [0.15, 0.2) is 11.6 Å². The maximum Gasteiger partial charge on any atom is 0.169 e. The molecule has 0 aliphatic heterocycles. The number of hydrogen-bond donors (Lipinski definition) is 2. The van der Waals surface area contributed by atoms with Crippen molar-refractivity contribution in [1.82, 2.24) is 19.9 Å². The molecule has 0 atom stereocenters. The van der Waals surface area contributed by atoms with E-state index < -0.39 is 0 Å². The van der Waals surface area contributed by atoms with Crippen LogP contribution in [0.4, 0.5) is 11.6 Å². The van der Waals surface area contributed by atoms with E-state index in [4.69, 9.17) is 5.73 Å². The van der Waals surface area contributed by atoms with Gasteiger partial charge in [-0.1, -0.05) is 18.2 Å². The normalized spacial score (nSPS) is 11.1. The molecule has 23 heavy (non-hydrogen) atoms. The zero-order chi connectivity index (χ0) is 16.2. The Hall–Kier alpha value is -2.73. The van der Waals surface area contributed by atoms with Crippen molar-refractivity contribution in [2.24, 2.45) is 0 Å². The molecule has 3 N–H and O–H groups in total. The van der Waals surface area contributed by atoms with Gasteiger partial charge in [0.25, 0.3) is 0 Å². The van der Waals surface area contributed by atoms with Crippen LogP contribution >= 0.6 is 0 Å². The van der Waals surface area contributed by atoms with E-state index in [1.165, 1.54) is 0 Å². The van der Waals surface area contributed by atoms with E-state index in [-0.39, 0.29) is 0 Å². The molecule has 0 amide bonds. The summed E-state index contributed by atoms with van der Waals surface area (Å²) in [6.45, 7) is 1.65. The summed E-state index contributed by atoms with van der Waals surface area (Å²) in [6, 6.07) is 9.94. The Morgan fingerprint density at radius 2 is 2.00 bits per heavy atom. The summed E-state index contributed by atoms with van der Waals surface area (Å²) in [5.74, 6) is 1.02. The van der Waals surface area contributed by atoms with Crippen molar-refractivity contribution in [2.75, 3.05) is 38.2 Å². The van der Waals surface area contributed by atoms with E-state index >= 15 is 0 Å². The van der Waals surface area contributed by atoms with Crippen LogP contribution in [0.1, 0.15) is 0 Å². The first-order chi connectivity index (χ1) is 11.1. The largest absolute Gasteiger partial charge is 0.381 e. The second kappa shape index (κ2) is 6.58. The highest BCUT2D eigenvalue weighted by Crippen LogP contribution is 2.27. The molecule has 3 aromatic rings. The van der Waals surface area contributed by atoms with Crippen LogP contribution in [0.15, 0.2) is 42.7 Å². The molecule has 1 aromatic carbocycles. The number of nitrogens with two attached hydrogens (primary N) is 1. The van der Waals surface area contributed by atoms with Crippen LogP contribution in [-0.4, -0.2) is 47.0 Å². The molecule has 0 aliphatic rings. The Labute approximate surface area is 135 Å². The summed E-state index contributed by atoms with van der Waals surface area (Å²) in [6.07, 6.45) is 3.49. The molecular formula is C17H20N6. The number of nitrogens with one attached hydrogen (secondary N) is 1. The Bertz CT molecular complexity index is 810. The number of nitrogen functional groups attached to an aromatic ring is 1. The second-order valence-electron chi connectivity index (χ2n) is 5.59. The molecule has 0 spiro atoms. The van der Waals surface area contributed by atoms with Gasteiger partial charge in [-0.2, -0.15) is 0 Å². The molecule has 0 radical (unpaired) electrons. The minimum Gasteiger partial charge on any atom is -0.381 e. The van der Waals surface area contributed by atoms with Gasteiger partial charge in [0, 0.05) is 30.2 Å². The summed E-state index contributed by atoms with van der Waals surface area (Å²) in [5.41, 5.74) is 8.65. The Balaban J connectivity index is 1.96. The number of hydrogen-bond acceptors (Lipinski definition) is 6. The Kier molecular flexibility index (Phi) is 4.34. The van der Waals surface area contributed by atoms with Crippen LogP contribution in [0.25, 0.3) is 22.2 Å². The lowest BCUT2D eigenvalue weighted by molar-refractivity contribution is 0.425. The van der Waals surface area contributed by atoms with Gasteiger partial charge in [-0.25, -0.2) is 9.97 Å². The van der Waals surface area contributed by atoms with E-state index in [9.17, 15) is 0 Å². The third-order valence-corrected chi connectivity index (χ3v) is 3.57. The van der Waals surface area contributed by atoms with Gasteiger partial charge in [0.1, 0.15) is 0 Å². The maximum absolute atomic E-state index is 5.93. The van der Waals surface area contributed by atoms with Crippen LogP contribution in [0.3, 0.4) is 0 Å². The van der Waals surface area contributed by atoms with Crippen LogP contribution < -0.4 is 11.1 Å². The van der Waals surface area contributed by atoms with E-state index in [0.717, 1.165) is 35.2 Å². The fourth-order valence-electron chi connectivity index (χ4n) is 2.38. The molecule has 0 unspecified atom stereocenters. The van der Waals surface area contributed by atoms with E-state index in [0.29, 0.717) is 11.6 Å². The van der Waals surface area contributed by atoms with Gasteiger partial charge < -0.3 is 16.0 Å². The maximum atomic E-state index is 5.93. The van der Waals surface area contributed by atoms with Crippen LogP contribution in [0.5, 0.6) is 0 Å². The van der Waals surface area contributed by atoms with Crippen molar-refractivity contribution in [2.45, 2.75) is 0 Å². The summed E-state index contributed by atoms with van der Waals surface area (Å²) in [5, 5.41) is 4.30. The summed E-state index contributed by atoms with van der Waals surface area (Å²) < 4.78 is 0. The quantitative estimate of drug-likeness (QED) is 0.752. The predicted octanol–water partition coefficient (Wildman–Crippen LogP) is 2.25. The molecule has 0 fully saturated rings. The van der Waals surface area contributed by atoms with Gasteiger partial charge in [-0.05, 0) is 26.2 Å². The number of fused-ring (bicyclic) bond motifs is 1. The van der Waals surface area contributed by atoms with Crippen molar-refractivity contribution in [1.29, 1.82) is 0 Å². The van der Waals surface area contributed by atoms with Crippen molar-refractivity contribution in [3.63, 3.8) is 0 Å². The first-order valence-electron chi connectivity index (χ1n) is 7.50. The molecule has 0 saturated carbocycles. The zero-order valence-corrected chi connectivity index (χ0v) is 13.3. The van der Waals surface area contributed by atoms with Crippen molar-refractivity contribution < 1.29 is 0 Å². The van der Waals surface area contributed by atoms with Gasteiger partial charge >= 0.3 is 0 Å². The SMILES string of the molecule is CN(C)CCNc1nc(-c2cccc3ncccc23)cnc1N. The minimum absolute atomic E-state index is 0.408. The molecule has 3 rings (SSSR count). The first-order valence-corrected chi connectivity index (χ1v) is 7.50. The van der Waals surface area contributed by atoms with Crippen molar-refractivity contribution in [3.05, 3.63) is 42.7 Å². The highest BCUT2D eigenvalue weighted by molar-refractivity contribution is 5.93. The van der Waals surface area contributed by atoms with Gasteiger partial charge in [0.05, 0.1) is 17.4 Å². The average molecular weight is 308 g/mol. The molecule has 118 valence electrons. The van der Waals surface area contributed by atoms with E-state index in [1.807, 2.05) is 44.4 Å². The zero-order valence-electron chi connectivity index (χ0n) is 13.3. The molecule has 0 aliphatic carbocycles. The lowest BCUT2D eigenvalue weighted by Crippen LogP contribution is -2.21. The Morgan fingerprint density at radius 3 is 2.83 bits per heavy atom. The summed E-state index contributed by atoms with van der Waals surface area (Å²) in [4.78, 5) is 15.4. The second-order valence-corrected chi connectivity index (χ2v) is 5.59. The number of likely N-dealkylation sites (N-methyl/N-ethyl adjacent to an activating group) is 1. The fraction of sp³-hybridized carbons (Fsp3) is 0.235. The number of aromatic nitrogens is 3. The van der Waals surface area contributed by atoms with Gasteiger partial charge in [-0.15, -0.1) is 0 Å². The topological polar surface area (TPSA) is 80.0 Å². The fourth-order valence-corrected chi connectivity index (χ4v) is 2.38. The lowest BCUT2D eigenvalue weighted by atomic mass is 10.1.